The number of methoxy groups -OCH3 is 1. The number of urea groups is 1. The van der Waals surface area contributed by atoms with Crippen molar-refractivity contribution in [2.24, 2.45) is 0 Å². The Labute approximate surface area is 116 Å². The van der Waals surface area contributed by atoms with Gasteiger partial charge >= 0.3 is 6.03 Å². The van der Waals surface area contributed by atoms with E-state index in [4.69, 9.17) is 4.74 Å². The summed E-state index contributed by atoms with van der Waals surface area (Å²) in [6.45, 7) is 7.12. The second-order valence-corrected chi connectivity index (χ2v) is 5.21. The van der Waals surface area contributed by atoms with Crippen LogP contribution in [0.1, 0.15) is 6.42 Å². The van der Waals surface area contributed by atoms with Crippen LogP contribution in [-0.2, 0) is 4.74 Å². The molecule has 0 aliphatic carbocycles. The van der Waals surface area contributed by atoms with Gasteiger partial charge < -0.3 is 19.9 Å². The fraction of sp³-hybridized carbons (Fsp3) is 0.923. The predicted molar refractivity (Wildman–Crippen MR) is 76.5 cm³/mol. The fourth-order valence-electron chi connectivity index (χ4n) is 2.04. The van der Waals surface area contributed by atoms with Crippen molar-refractivity contribution < 1.29 is 9.53 Å². The van der Waals surface area contributed by atoms with Crippen molar-refractivity contribution in [1.82, 2.24) is 20.0 Å². The van der Waals surface area contributed by atoms with Gasteiger partial charge in [-0.1, -0.05) is 0 Å². The molecule has 1 aliphatic rings. The van der Waals surface area contributed by atoms with Gasteiger partial charge in [0.1, 0.15) is 0 Å². The van der Waals surface area contributed by atoms with Crippen LogP contribution in [0.4, 0.5) is 4.79 Å². The first-order valence-corrected chi connectivity index (χ1v) is 7.02. The minimum atomic E-state index is 0.0587. The quantitative estimate of drug-likeness (QED) is 0.658. The predicted octanol–water partition coefficient (Wildman–Crippen LogP) is -0.0883. The molecule has 0 bridgehead atoms. The molecule has 0 radical (unpaired) electrons. The monoisotopic (exact) mass is 272 g/mol. The van der Waals surface area contributed by atoms with Gasteiger partial charge in [0, 0.05) is 59.5 Å². The zero-order chi connectivity index (χ0) is 14.1. The number of carbonyl (C=O) groups is 1. The molecule has 0 aromatic carbocycles. The number of carbonyl (C=O) groups excluding carboxylic acids is 1. The largest absolute Gasteiger partial charge is 0.385 e. The van der Waals surface area contributed by atoms with Gasteiger partial charge in [0.05, 0.1) is 0 Å². The first-order valence-electron chi connectivity index (χ1n) is 7.02. The lowest BCUT2D eigenvalue weighted by Crippen LogP contribution is -2.52. The van der Waals surface area contributed by atoms with Crippen molar-refractivity contribution in [3.05, 3.63) is 0 Å². The standard InChI is InChI=1S/C13H28N4O2/c1-15(2)6-7-16-8-10-17(11-9-16)13(18)14-5-4-12-19-3/h4-12H2,1-3H3,(H,14,18). The highest BCUT2D eigenvalue weighted by molar-refractivity contribution is 5.74. The second kappa shape index (κ2) is 9.12. The van der Waals surface area contributed by atoms with E-state index in [0.29, 0.717) is 13.2 Å². The van der Waals surface area contributed by atoms with Crippen molar-refractivity contribution >= 4 is 6.03 Å². The normalized spacial score (nSPS) is 16.9. The molecule has 0 saturated carbocycles. The maximum absolute atomic E-state index is 11.9. The molecule has 2 amide bonds. The highest BCUT2D eigenvalue weighted by Crippen LogP contribution is 2.01. The Balaban J connectivity index is 2.12. The molecule has 1 N–H and O–H groups in total. The van der Waals surface area contributed by atoms with Gasteiger partial charge in [-0.2, -0.15) is 0 Å². The lowest BCUT2D eigenvalue weighted by Gasteiger charge is -2.35. The molecule has 112 valence electrons. The average molecular weight is 272 g/mol. The Morgan fingerprint density at radius 2 is 1.95 bits per heavy atom. The van der Waals surface area contributed by atoms with E-state index in [2.05, 4.69) is 29.2 Å². The lowest BCUT2D eigenvalue weighted by atomic mass is 10.3. The van der Waals surface area contributed by atoms with Crippen LogP contribution in [-0.4, -0.2) is 94.4 Å². The number of piperazine rings is 1. The van der Waals surface area contributed by atoms with Crippen LogP contribution >= 0.6 is 0 Å². The summed E-state index contributed by atoms with van der Waals surface area (Å²) >= 11 is 0. The summed E-state index contributed by atoms with van der Waals surface area (Å²) in [5.74, 6) is 0. The number of nitrogens with zero attached hydrogens (tertiary/aromatic N) is 3. The fourth-order valence-corrected chi connectivity index (χ4v) is 2.04. The van der Waals surface area contributed by atoms with Gasteiger partial charge in [0.2, 0.25) is 0 Å². The Hall–Kier alpha value is -0.850. The number of nitrogens with one attached hydrogen (secondary N) is 1. The summed E-state index contributed by atoms with van der Waals surface area (Å²) in [5, 5.41) is 2.93. The maximum atomic E-state index is 11.9. The Kier molecular flexibility index (Phi) is 7.78. The second-order valence-electron chi connectivity index (χ2n) is 5.21. The van der Waals surface area contributed by atoms with Gasteiger partial charge in [-0.15, -0.1) is 0 Å². The zero-order valence-electron chi connectivity index (χ0n) is 12.5. The number of hydrogen-bond acceptors (Lipinski definition) is 4. The topological polar surface area (TPSA) is 48.1 Å². The molecule has 19 heavy (non-hydrogen) atoms. The van der Waals surface area contributed by atoms with Crippen LogP contribution in [0.2, 0.25) is 0 Å². The minimum absolute atomic E-state index is 0.0587. The van der Waals surface area contributed by atoms with E-state index in [-0.39, 0.29) is 6.03 Å². The van der Waals surface area contributed by atoms with Crippen molar-refractivity contribution in [2.45, 2.75) is 6.42 Å². The van der Waals surface area contributed by atoms with Crippen molar-refractivity contribution in [3.63, 3.8) is 0 Å². The smallest absolute Gasteiger partial charge is 0.317 e. The van der Waals surface area contributed by atoms with Crippen molar-refractivity contribution in [2.75, 3.05) is 73.6 Å². The molecule has 0 aromatic heterocycles. The van der Waals surface area contributed by atoms with E-state index in [0.717, 1.165) is 45.7 Å². The molecule has 0 aromatic rings. The van der Waals surface area contributed by atoms with E-state index in [1.807, 2.05) is 4.90 Å². The first kappa shape index (κ1) is 16.2. The van der Waals surface area contributed by atoms with E-state index in [9.17, 15) is 4.79 Å². The average Bonchev–Trinajstić information content (AvgIpc) is 2.41. The van der Waals surface area contributed by atoms with Gasteiger partial charge in [-0.25, -0.2) is 4.79 Å². The van der Waals surface area contributed by atoms with Crippen molar-refractivity contribution in [1.29, 1.82) is 0 Å². The third-order valence-corrected chi connectivity index (χ3v) is 3.32. The highest BCUT2D eigenvalue weighted by Gasteiger charge is 2.20. The third-order valence-electron chi connectivity index (χ3n) is 3.32. The van der Waals surface area contributed by atoms with Crippen LogP contribution in [0.25, 0.3) is 0 Å². The summed E-state index contributed by atoms with van der Waals surface area (Å²) < 4.78 is 4.95. The van der Waals surface area contributed by atoms with Crippen LogP contribution in [0, 0.1) is 0 Å². The summed E-state index contributed by atoms with van der Waals surface area (Å²) in [7, 11) is 5.85. The van der Waals surface area contributed by atoms with Gasteiger partial charge in [-0.3, -0.25) is 4.90 Å². The van der Waals surface area contributed by atoms with Crippen molar-refractivity contribution in [3.8, 4) is 0 Å². The van der Waals surface area contributed by atoms with Crippen LogP contribution in [0.3, 0.4) is 0 Å². The van der Waals surface area contributed by atoms with E-state index < -0.39 is 0 Å². The summed E-state index contributed by atoms with van der Waals surface area (Å²) in [5.41, 5.74) is 0. The third kappa shape index (κ3) is 6.75. The molecule has 1 rings (SSSR count). The molecule has 0 unspecified atom stereocenters. The van der Waals surface area contributed by atoms with Crippen LogP contribution in [0.15, 0.2) is 0 Å². The molecule has 1 fully saturated rings. The van der Waals surface area contributed by atoms with Crippen LogP contribution in [0.5, 0.6) is 0 Å². The number of rotatable bonds is 7. The molecule has 1 heterocycles. The van der Waals surface area contributed by atoms with E-state index in [1.165, 1.54) is 0 Å². The van der Waals surface area contributed by atoms with Gasteiger partial charge in [0.15, 0.2) is 0 Å². The number of hydrogen-bond donors (Lipinski definition) is 1. The summed E-state index contributed by atoms with van der Waals surface area (Å²) in [4.78, 5) is 18.4. The Morgan fingerprint density at radius 1 is 1.26 bits per heavy atom. The Morgan fingerprint density at radius 3 is 2.53 bits per heavy atom. The molecule has 1 saturated heterocycles. The van der Waals surface area contributed by atoms with Crippen LogP contribution < -0.4 is 5.32 Å². The number of likely N-dealkylation sites (N-methyl/N-ethyl adjacent to an activating group) is 1. The van der Waals surface area contributed by atoms with E-state index >= 15 is 0 Å². The van der Waals surface area contributed by atoms with Gasteiger partial charge in [-0.05, 0) is 20.5 Å². The zero-order valence-corrected chi connectivity index (χ0v) is 12.5. The summed E-state index contributed by atoms with van der Waals surface area (Å²) in [6.07, 6.45) is 0.866. The van der Waals surface area contributed by atoms with E-state index in [1.54, 1.807) is 7.11 Å². The molecule has 6 heteroatoms. The first-order chi connectivity index (χ1) is 9.13. The molecule has 0 atom stereocenters. The molecular weight excluding hydrogens is 244 g/mol. The molecule has 1 aliphatic heterocycles. The lowest BCUT2D eigenvalue weighted by molar-refractivity contribution is 0.132. The molecule has 0 spiro atoms. The SMILES string of the molecule is COCCCNC(=O)N1CCN(CCN(C)C)CC1. The maximum Gasteiger partial charge on any atom is 0.317 e. The minimum Gasteiger partial charge on any atom is -0.385 e. The number of amides is 2. The Bertz CT molecular complexity index is 253. The summed E-state index contributed by atoms with van der Waals surface area (Å²) in [6, 6.07) is 0.0587. The van der Waals surface area contributed by atoms with Gasteiger partial charge in [0.25, 0.3) is 0 Å². The molecular formula is C13H28N4O2. The highest BCUT2D eigenvalue weighted by atomic mass is 16.5. The molecule has 6 nitrogen and oxygen atoms in total. The number of ether oxygens (including phenoxy) is 1.